The Balaban J connectivity index is 2.66. The number of benzene rings is 1. The molecule has 1 atom stereocenters. The number of esters is 1. The van der Waals surface area contributed by atoms with Gasteiger partial charge in [0.25, 0.3) is 0 Å². The molecule has 1 aromatic rings. The number of carbonyl (C=O) groups excluding carboxylic acids is 1. The van der Waals surface area contributed by atoms with Gasteiger partial charge in [-0.3, -0.25) is 0 Å². The summed E-state index contributed by atoms with van der Waals surface area (Å²) in [6, 6.07) is 8.96. The Hall–Kier alpha value is -2.45. The topological polar surface area (TPSA) is 85.3 Å². The molecule has 0 amide bonds. The first kappa shape index (κ1) is 14.9. The van der Waals surface area contributed by atoms with Crippen LogP contribution in [-0.2, 0) is 14.3 Å². The first-order chi connectivity index (χ1) is 9.99. The highest BCUT2D eigenvalue weighted by Crippen LogP contribution is 2.39. The van der Waals surface area contributed by atoms with Crippen LogP contribution in [0.15, 0.2) is 47.1 Å². The number of methoxy groups -OCH3 is 1. The number of rotatable bonds is 2. The van der Waals surface area contributed by atoms with E-state index < -0.39 is 11.9 Å². The minimum absolute atomic E-state index is 0.0664. The predicted molar refractivity (Wildman–Crippen MR) is 76.8 cm³/mol. The summed E-state index contributed by atoms with van der Waals surface area (Å²) in [5, 5.41) is 9.88. The first-order valence-electron chi connectivity index (χ1n) is 6.11. The van der Waals surface area contributed by atoms with Gasteiger partial charge in [0.1, 0.15) is 11.3 Å². The maximum absolute atomic E-state index is 12.0. The molecule has 0 radical (unpaired) electrons. The molecule has 0 fully saturated rings. The maximum atomic E-state index is 12.0. The van der Waals surface area contributed by atoms with Gasteiger partial charge < -0.3 is 15.2 Å². The molecule has 21 heavy (non-hydrogen) atoms. The van der Waals surface area contributed by atoms with E-state index >= 15 is 0 Å². The summed E-state index contributed by atoms with van der Waals surface area (Å²) < 4.78 is 10.0. The highest BCUT2D eigenvalue weighted by atomic mass is 35.5. The van der Waals surface area contributed by atoms with E-state index in [1.54, 1.807) is 31.2 Å². The monoisotopic (exact) mass is 304 g/mol. The molecule has 1 aromatic carbocycles. The van der Waals surface area contributed by atoms with Crippen LogP contribution in [0.1, 0.15) is 18.4 Å². The Morgan fingerprint density at radius 3 is 2.81 bits per heavy atom. The van der Waals surface area contributed by atoms with Gasteiger partial charge in [0.05, 0.1) is 24.7 Å². The smallest absolute Gasteiger partial charge is 0.340 e. The summed E-state index contributed by atoms with van der Waals surface area (Å²) >= 11 is 6.00. The Morgan fingerprint density at radius 2 is 2.24 bits per heavy atom. The molecule has 0 aliphatic carbocycles. The lowest BCUT2D eigenvalue weighted by Crippen LogP contribution is -2.25. The molecule has 1 aliphatic heterocycles. The van der Waals surface area contributed by atoms with E-state index in [4.69, 9.17) is 26.8 Å². The third-order valence-corrected chi connectivity index (χ3v) is 3.43. The Kier molecular flexibility index (Phi) is 4.20. The van der Waals surface area contributed by atoms with Crippen molar-refractivity contribution in [1.29, 1.82) is 5.26 Å². The largest absolute Gasteiger partial charge is 0.465 e. The van der Waals surface area contributed by atoms with Gasteiger partial charge in [-0.2, -0.15) is 5.26 Å². The van der Waals surface area contributed by atoms with Gasteiger partial charge in [-0.15, -0.1) is 0 Å². The van der Waals surface area contributed by atoms with E-state index in [0.29, 0.717) is 21.9 Å². The molecule has 6 heteroatoms. The second-order valence-electron chi connectivity index (χ2n) is 4.44. The maximum Gasteiger partial charge on any atom is 0.340 e. The molecular weight excluding hydrogens is 292 g/mol. The van der Waals surface area contributed by atoms with Gasteiger partial charge in [0.2, 0.25) is 5.88 Å². The lowest BCUT2D eigenvalue weighted by Gasteiger charge is -2.26. The molecule has 1 heterocycles. The number of nitrogens with zero attached hydrogens (tertiary/aromatic N) is 1. The molecule has 2 rings (SSSR count). The molecule has 0 aromatic heterocycles. The normalized spacial score (nSPS) is 18.1. The van der Waals surface area contributed by atoms with Crippen LogP contribution in [0.25, 0.3) is 0 Å². The summed E-state index contributed by atoms with van der Waals surface area (Å²) in [4.78, 5) is 12.0. The van der Waals surface area contributed by atoms with Crippen LogP contribution in [-0.4, -0.2) is 13.1 Å². The lowest BCUT2D eigenvalue weighted by atomic mass is 9.83. The van der Waals surface area contributed by atoms with Crippen LogP contribution < -0.4 is 5.73 Å². The third kappa shape index (κ3) is 2.71. The van der Waals surface area contributed by atoms with Crippen molar-refractivity contribution in [3.8, 4) is 6.07 Å². The number of halogens is 1. The zero-order valence-electron chi connectivity index (χ0n) is 11.5. The lowest BCUT2D eigenvalue weighted by molar-refractivity contribution is -0.136. The van der Waals surface area contributed by atoms with Gasteiger partial charge in [-0.05, 0) is 24.6 Å². The molecule has 0 spiro atoms. The van der Waals surface area contributed by atoms with Gasteiger partial charge >= 0.3 is 5.97 Å². The fraction of sp³-hybridized carbons (Fsp3) is 0.200. The quantitative estimate of drug-likeness (QED) is 0.849. The van der Waals surface area contributed by atoms with Gasteiger partial charge in [0, 0.05) is 5.02 Å². The number of allylic oxidation sites excluding steroid dienone is 2. The number of carbonyl (C=O) groups is 1. The van der Waals surface area contributed by atoms with Crippen molar-refractivity contribution >= 4 is 17.6 Å². The average Bonchev–Trinajstić information content (AvgIpc) is 2.45. The second-order valence-corrected chi connectivity index (χ2v) is 4.88. The minimum Gasteiger partial charge on any atom is -0.465 e. The number of hydrogen-bond donors (Lipinski definition) is 1. The van der Waals surface area contributed by atoms with Crippen LogP contribution in [0.3, 0.4) is 0 Å². The Bertz CT molecular complexity index is 701. The van der Waals surface area contributed by atoms with E-state index in [1.165, 1.54) is 7.11 Å². The molecule has 0 bridgehead atoms. The number of ether oxygens (including phenoxy) is 2. The molecule has 5 nitrogen and oxygen atoms in total. The van der Waals surface area contributed by atoms with Crippen molar-refractivity contribution in [2.24, 2.45) is 5.73 Å². The van der Waals surface area contributed by atoms with Gasteiger partial charge in [-0.25, -0.2) is 4.79 Å². The third-order valence-electron chi connectivity index (χ3n) is 3.19. The minimum atomic E-state index is -0.658. The average molecular weight is 305 g/mol. The summed E-state index contributed by atoms with van der Waals surface area (Å²) in [6.07, 6.45) is 0. The molecule has 108 valence electrons. The van der Waals surface area contributed by atoms with E-state index in [9.17, 15) is 10.1 Å². The zero-order chi connectivity index (χ0) is 15.6. The van der Waals surface area contributed by atoms with Crippen LogP contribution in [0.2, 0.25) is 5.02 Å². The highest BCUT2D eigenvalue weighted by Gasteiger charge is 2.36. The van der Waals surface area contributed by atoms with Crippen LogP contribution in [0.5, 0.6) is 0 Å². The van der Waals surface area contributed by atoms with Crippen LogP contribution >= 0.6 is 11.6 Å². The van der Waals surface area contributed by atoms with Crippen molar-refractivity contribution < 1.29 is 14.3 Å². The molecule has 1 unspecified atom stereocenters. The fourth-order valence-corrected chi connectivity index (χ4v) is 2.45. The van der Waals surface area contributed by atoms with E-state index in [1.807, 2.05) is 0 Å². The predicted octanol–water partition coefficient (Wildman–Crippen LogP) is 2.59. The van der Waals surface area contributed by atoms with Crippen molar-refractivity contribution in [3.63, 3.8) is 0 Å². The number of nitriles is 1. The number of hydrogen-bond acceptors (Lipinski definition) is 5. The standard InChI is InChI=1S/C15H13ClN2O3/c1-8-11(7-17)12(9-4-3-5-10(16)6-9)13(14(18)21-8)15(19)20-2/h3-6,12H,18H2,1-2H3. The van der Waals surface area contributed by atoms with Crippen molar-refractivity contribution in [3.05, 3.63) is 57.6 Å². The number of nitrogens with two attached hydrogens (primary N) is 1. The summed E-state index contributed by atoms with van der Waals surface area (Å²) in [6.45, 7) is 1.62. The Labute approximate surface area is 127 Å². The van der Waals surface area contributed by atoms with E-state index in [-0.39, 0.29) is 11.5 Å². The summed E-state index contributed by atoms with van der Waals surface area (Å²) in [5.41, 5.74) is 6.88. The fourth-order valence-electron chi connectivity index (χ4n) is 2.26. The Morgan fingerprint density at radius 1 is 1.52 bits per heavy atom. The summed E-state index contributed by atoms with van der Waals surface area (Å²) in [7, 11) is 1.24. The molecule has 0 saturated heterocycles. The van der Waals surface area contributed by atoms with Gasteiger partial charge in [0.15, 0.2) is 0 Å². The first-order valence-corrected chi connectivity index (χ1v) is 6.49. The second kappa shape index (κ2) is 5.90. The molecule has 0 saturated carbocycles. The molecular formula is C15H13ClN2O3. The van der Waals surface area contributed by atoms with E-state index in [2.05, 4.69) is 6.07 Å². The highest BCUT2D eigenvalue weighted by molar-refractivity contribution is 6.30. The summed E-state index contributed by atoms with van der Waals surface area (Å²) in [5.74, 6) is -1.01. The van der Waals surface area contributed by atoms with Crippen LogP contribution in [0, 0.1) is 11.3 Å². The SMILES string of the molecule is COC(=O)C1=C(N)OC(C)=C(C#N)C1c1cccc(Cl)c1. The van der Waals surface area contributed by atoms with Crippen LogP contribution in [0.4, 0.5) is 0 Å². The van der Waals surface area contributed by atoms with Crippen molar-refractivity contribution in [2.75, 3.05) is 7.11 Å². The molecule has 2 N–H and O–H groups in total. The zero-order valence-corrected chi connectivity index (χ0v) is 12.3. The van der Waals surface area contributed by atoms with Gasteiger partial charge in [-0.1, -0.05) is 23.7 Å². The van der Waals surface area contributed by atoms with Crippen molar-refractivity contribution in [2.45, 2.75) is 12.8 Å². The molecule has 1 aliphatic rings. The van der Waals surface area contributed by atoms with Crippen molar-refractivity contribution in [1.82, 2.24) is 0 Å². The van der Waals surface area contributed by atoms with E-state index in [0.717, 1.165) is 0 Å².